The summed E-state index contributed by atoms with van der Waals surface area (Å²) in [4.78, 5) is 24.9. The summed E-state index contributed by atoms with van der Waals surface area (Å²) in [6.07, 6.45) is -0.590. The summed E-state index contributed by atoms with van der Waals surface area (Å²) in [5, 5.41) is 0. The molecule has 5 atom stereocenters. The summed E-state index contributed by atoms with van der Waals surface area (Å²) in [6.45, 7) is 21.6. The molecule has 1 aliphatic heterocycles. The van der Waals surface area contributed by atoms with Crippen molar-refractivity contribution in [1.29, 1.82) is 0 Å². The number of rotatable bonds is 6. The molecule has 0 amide bonds. The van der Waals surface area contributed by atoms with Gasteiger partial charge in [-0.05, 0) is 55.4 Å². The molecule has 170 valence electrons. The lowest BCUT2D eigenvalue weighted by Gasteiger charge is -2.45. The molecule has 1 heterocycles. The van der Waals surface area contributed by atoms with Crippen LogP contribution in [0.1, 0.15) is 76.2 Å². The number of carbonyl (C=O) groups excluding carboxylic acids is 2. The van der Waals surface area contributed by atoms with Crippen molar-refractivity contribution in [2.24, 2.45) is 28.6 Å². The van der Waals surface area contributed by atoms with E-state index in [1.165, 1.54) is 0 Å². The monoisotopic (exact) mass is 414 g/mol. The van der Waals surface area contributed by atoms with Crippen LogP contribution in [0.25, 0.3) is 0 Å². The van der Waals surface area contributed by atoms with Gasteiger partial charge in [0.15, 0.2) is 5.79 Å². The fourth-order valence-electron chi connectivity index (χ4n) is 3.28. The van der Waals surface area contributed by atoms with E-state index in [1.54, 1.807) is 0 Å². The Balaban J connectivity index is 3.03. The van der Waals surface area contributed by atoms with E-state index >= 15 is 0 Å². The van der Waals surface area contributed by atoms with Crippen LogP contribution >= 0.6 is 0 Å². The molecular weight excluding hydrogens is 372 g/mol. The standard InChI is InChI=1S/C23H42O6/c1-14(12-26-19(24)21(4,5)6)17(28-20(25)22(7,8)9)16(3)18-15(2)13-27-23(10,11)29-18/h14-18H,12-13H2,1-11H3/t14-,15+,16+,17-,18+/m0/s1. The quantitative estimate of drug-likeness (QED) is 0.592. The van der Waals surface area contributed by atoms with Crippen LogP contribution in [0.4, 0.5) is 0 Å². The number of hydrogen-bond acceptors (Lipinski definition) is 6. The highest BCUT2D eigenvalue weighted by Gasteiger charge is 2.43. The third-order valence-electron chi connectivity index (χ3n) is 5.22. The molecule has 1 fully saturated rings. The Labute approximate surface area is 177 Å². The molecule has 0 aromatic heterocycles. The lowest BCUT2D eigenvalue weighted by atomic mass is 9.83. The maximum atomic E-state index is 12.7. The summed E-state index contributed by atoms with van der Waals surface area (Å²) in [5.41, 5.74) is -1.20. The van der Waals surface area contributed by atoms with Crippen LogP contribution in [0.2, 0.25) is 0 Å². The molecule has 0 aliphatic carbocycles. The summed E-state index contributed by atoms with van der Waals surface area (Å²) in [5.74, 6) is -1.35. The lowest BCUT2D eigenvalue weighted by molar-refractivity contribution is -0.305. The van der Waals surface area contributed by atoms with Crippen LogP contribution in [-0.4, -0.2) is 43.1 Å². The molecule has 0 bridgehead atoms. The zero-order valence-corrected chi connectivity index (χ0v) is 20.3. The SMILES string of the molecule is C[C@H]([C@@H](OC(=O)C(C)(C)C)[C@@H](C)COC(=O)C(C)(C)C)[C@@H]1OC(C)(C)OC[C@H]1C. The second-order valence-electron chi connectivity index (χ2n) is 11.1. The zero-order chi connectivity index (χ0) is 22.8. The first-order chi connectivity index (χ1) is 13.0. The van der Waals surface area contributed by atoms with Crippen LogP contribution in [0, 0.1) is 28.6 Å². The van der Waals surface area contributed by atoms with Crippen LogP contribution in [-0.2, 0) is 28.5 Å². The minimum absolute atomic E-state index is 0.0946. The van der Waals surface area contributed by atoms with Crippen molar-refractivity contribution in [2.45, 2.75) is 94.2 Å². The molecule has 0 aromatic carbocycles. The second-order valence-corrected chi connectivity index (χ2v) is 11.1. The van der Waals surface area contributed by atoms with Crippen LogP contribution in [0.5, 0.6) is 0 Å². The number of ether oxygens (including phenoxy) is 4. The molecule has 29 heavy (non-hydrogen) atoms. The van der Waals surface area contributed by atoms with Gasteiger partial charge in [0.1, 0.15) is 6.10 Å². The highest BCUT2D eigenvalue weighted by atomic mass is 16.7. The predicted molar refractivity (Wildman–Crippen MR) is 112 cm³/mol. The fourth-order valence-corrected chi connectivity index (χ4v) is 3.28. The highest BCUT2D eigenvalue weighted by molar-refractivity contribution is 5.76. The Morgan fingerprint density at radius 2 is 1.55 bits per heavy atom. The Morgan fingerprint density at radius 3 is 2.03 bits per heavy atom. The maximum absolute atomic E-state index is 12.7. The Hall–Kier alpha value is -1.14. The number of hydrogen-bond donors (Lipinski definition) is 0. The van der Waals surface area contributed by atoms with Gasteiger partial charge in [-0.2, -0.15) is 0 Å². The molecular formula is C23H42O6. The molecule has 0 saturated carbocycles. The largest absolute Gasteiger partial charge is 0.465 e. The molecule has 1 saturated heterocycles. The third kappa shape index (κ3) is 7.56. The van der Waals surface area contributed by atoms with Gasteiger partial charge in [-0.25, -0.2) is 0 Å². The zero-order valence-electron chi connectivity index (χ0n) is 20.3. The lowest BCUT2D eigenvalue weighted by Crippen LogP contribution is -2.52. The summed E-state index contributed by atoms with van der Waals surface area (Å²) in [7, 11) is 0. The first-order valence-corrected chi connectivity index (χ1v) is 10.7. The average molecular weight is 415 g/mol. The van der Waals surface area contributed by atoms with Crippen molar-refractivity contribution in [3.63, 3.8) is 0 Å². The molecule has 0 spiro atoms. The minimum Gasteiger partial charge on any atom is -0.465 e. The van der Waals surface area contributed by atoms with Crippen molar-refractivity contribution in [3.8, 4) is 0 Å². The molecule has 0 unspecified atom stereocenters. The van der Waals surface area contributed by atoms with Gasteiger partial charge < -0.3 is 18.9 Å². The van der Waals surface area contributed by atoms with Gasteiger partial charge >= 0.3 is 11.9 Å². The smallest absolute Gasteiger partial charge is 0.311 e. The average Bonchev–Trinajstić information content (AvgIpc) is 2.56. The molecule has 6 heteroatoms. The summed E-state index contributed by atoms with van der Waals surface area (Å²) >= 11 is 0. The van der Waals surface area contributed by atoms with E-state index in [1.807, 2.05) is 69.2 Å². The van der Waals surface area contributed by atoms with E-state index in [0.29, 0.717) is 6.61 Å². The normalized spacial score (nSPS) is 25.6. The van der Waals surface area contributed by atoms with Gasteiger partial charge in [0.2, 0.25) is 0 Å². The molecule has 6 nitrogen and oxygen atoms in total. The summed E-state index contributed by atoms with van der Waals surface area (Å²) < 4.78 is 23.5. The summed E-state index contributed by atoms with van der Waals surface area (Å²) in [6, 6.07) is 0. The number of carbonyl (C=O) groups is 2. The van der Waals surface area contributed by atoms with E-state index in [4.69, 9.17) is 18.9 Å². The topological polar surface area (TPSA) is 71.1 Å². The Morgan fingerprint density at radius 1 is 1.03 bits per heavy atom. The Bertz CT molecular complexity index is 569. The van der Waals surface area contributed by atoms with Crippen molar-refractivity contribution >= 4 is 11.9 Å². The van der Waals surface area contributed by atoms with Gasteiger partial charge in [-0.1, -0.05) is 20.8 Å². The van der Waals surface area contributed by atoms with Crippen molar-refractivity contribution in [2.75, 3.05) is 13.2 Å². The highest BCUT2D eigenvalue weighted by Crippen LogP contribution is 2.35. The molecule has 0 radical (unpaired) electrons. The molecule has 0 aromatic rings. The molecule has 0 N–H and O–H groups in total. The van der Waals surface area contributed by atoms with E-state index in [2.05, 4.69) is 6.92 Å². The van der Waals surface area contributed by atoms with Gasteiger partial charge in [0.25, 0.3) is 0 Å². The van der Waals surface area contributed by atoms with E-state index in [-0.39, 0.29) is 42.4 Å². The van der Waals surface area contributed by atoms with Crippen LogP contribution in [0.3, 0.4) is 0 Å². The minimum atomic E-state index is -0.689. The van der Waals surface area contributed by atoms with Crippen molar-refractivity contribution in [1.82, 2.24) is 0 Å². The predicted octanol–water partition coefficient (Wildman–Crippen LogP) is 4.59. The fraction of sp³-hybridized carbons (Fsp3) is 0.913. The Kier molecular flexibility index (Phi) is 8.34. The van der Waals surface area contributed by atoms with Gasteiger partial charge in [-0.3, -0.25) is 9.59 Å². The van der Waals surface area contributed by atoms with Gasteiger partial charge in [0.05, 0.1) is 30.1 Å². The van der Waals surface area contributed by atoms with Crippen molar-refractivity contribution < 1.29 is 28.5 Å². The van der Waals surface area contributed by atoms with Gasteiger partial charge in [0, 0.05) is 17.8 Å². The number of esters is 2. The second kappa shape index (κ2) is 9.34. The van der Waals surface area contributed by atoms with E-state index in [9.17, 15) is 9.59 Å². The first kappa shape index (κ1) is 25.9. The third-order valence-corrected chi connectivity index (χ3v) is 5.22. The maximum Gasteiger partial charge on any atom is 0.311 e. The van der Waals surface area contributed by atoms with Crippen molar-refractivity contribution in [3.05, 3.63) is 0 Å². The van der Waals surface area contributed by atoms with E-state index in [0.717, 1.165) is 0 Å². The van der Waals surface area contributed by atoms with Gasteiger partial charge in [-0.15, -0.1) is 0 Å². The van der Waals surface area contributed by atoms with Crippen LogP contribution in [0.15, 0.2) is 0 Å². The van der Waals surface area contributed by atoms with E-state index < -0.39 is 22.7 Å². The first-order valence-electron chi connectivity index (χ1n) is 10.7. The molecule has 1 aliphatic rings. The van der Waals surface area contributed by atoms with Crippen LogP contribution < -0.4 is 0 Å². The molecule has 1 rings (SSSR count).